The number of aliphatic imine (C=N–C) groups is 1. The van der Waals surface area contributed by atoms with Crippen molar-refractivity contribution >= 4 is 16.8 Å². The highest BCUT2D eigenvalue weighted by molar-refractivity contribution is 7.85. The molecule has 0 aliphatic rings. The second-order valence-electron chi connectivity index (χ2n) is 5.66. The summed E-state index contributed by atoms with van der Waals surface area (Å²) in [5.74, 6) is 1.44. The minimum atomic E-state index is -0.989. The summed E-state index contributed by atoms with van der Waals surface area (Å²) in [4.78, 5) is 7.64. The Balaban J connectivity index is 2.43. The van der Waals surface area contributed by atoms with Crippen LogP contribution in [0.3, 0.4) is 0 Å². The number of benzene rings is 1. The van der Waals surface area contributed by atoms with E-state index in [1.807, 2.05) is 36.4 Å². The maximum atomic E-state index is 12.2. The number of nitrogens with one attached hydrogen (secondary N) is 1. The molecule has 0 aliphatic heterocycles. The van der Waals surface area contributed by atoms with Crippen molar-refractivity contribution in [1.82, 2.24) is 10.2 Å². The summed E-state index contributed by atoms with van der Waals surface area (Å²) < 4.78 is 12.2. The van der Waals surface area contributed by atoms with Crippen LogP contribution in [0.25, 0.3) is 0 Å². The van der Waals surface area contributed by atoms with Crippen molar-refractivity contribution in [2.45, 2.75) is 37.5 Å². The molecule has 0 radical (unpaired) electrons. The molecule has 0 bridgehead atoms. The molecule has 1 rings (SSSR count). The van der Waals surface area contributed by atoms with Crippen molar-refractivity contribution < 1.29 is 4.21 Å². The monoisotopic (exact) mass is 349 g/mol. The number of unbranched alkanes of at least 4 members (excludes halogenated alkanes) is 3. The zero-order valence-corrected chi connectivity index (χ0v) is 15.9. The first-order valence-corrected chi connectivity index (χ1v) is 10.0. The summed E-state index contributed by atoms with van der Waals surface area (Å²) in [7, 11) is 1.07. The molecule has 134 valence electrons. The van der Waals surface area contributed by atoms with Crippen LogP contribution in [-0.2, 0) is 10.8 Å². The standard InChI is InChI=1S/C19H31N3OS/c1-4-6-7-8-12-16-22(3)19(20-5-2)21-15-17-24(23)18-13-10-9-11-14-18/h4,9-11,13-14H,1,5-8,12,15-17H2,2-3H3,(H,20,21). The highest BCUT2D eigenvalue weighted by Gasteiger charge is 2.06. The van der Waals surface area contributed by atoms with E-state index in [0.29, 0.717) is 12.3 Å². The molecule has 24 heavy (non-hydrogen) atoms. The van der Waals surface area contributed by atoms with Crippen molar-refractivity contribution in [2.24, 2.45) is 4.99 Å². The van der Waals surface area contributed by atoms with Gasteiger partial charge in [-0.05, 0) is 38.3 Å². The third kappa shape index (κ3) is 8.29. The smallest absolute Gasteiger partial charge is 0.193 e. The normalized spacial score (nSPS) is 12.7. The maximum Gasteiger partial charge on any atom is 0.193 e. The first-order chi connectivity index (χ1) is 11.7. The van der Waals surface area contributed by atoms with Gasteiger partial charge in [-0.1, -0.05) is 30.7 Å². The fourth-order valence-electron chi connectivity index (χ4n) is 2.31. The quantitative estimate of drug-likeness (QED) is 0.288. The molecule has 0 spiro atoms. The Kier molecular flexibility index (Phi) is 10.9. The van der Waals surface area contributed by atoms with E-state index in [1.54, 1.807) is 0 Å². The van der Waals surface area contributed by atoms with Crippen LogP contribution >= 0.6 is 0 Å². The third-order valence-corrected chi connectivity index (χ3v) is 4.99. The fourth-order valence-corrected chi connectivity index (χ4v) is 3.27. The lowest BCUT2D eigenvalue weighted by molar-refractivity contribution is 0.456. The van der Waals surface area contributed by atoms with E-state index in [-0.39, 0.29) is 0 Å². The largest absolute Gasteiger partial charge is 0.357 e. The van der Waals surface area contributed by atoms with Gasteiger partial charge in [0.2, 0.25) is 0 Å². The molecule has 0 saturated heterocycles. The predicted molar refractivity (Wildman–Crippen MR) is 105 cm³/mol. The molecule has 1 aromatic rings. The van der Waals surface area contributed by atoms with Gasteiger partial charge in [-0.3, -0.25) is 9.20 Å². The van der Waals surface area contributed by atoms with Gasteiger partial charge in [0.25, 0.3) is 0 Å². The van der Waals surface area contributed by atoms with Crippen molar-refractivity contribution in [3.05, 3.63) is 43.0 Å². The van der Waals surface area contributed by atoms with Gasteiger partial charge in [0.05, 0.1) is 17.3 Å². The molecular formula is C19H31N3OS. The van der Waals surface area contributed by atoms with Crippen molar-refractivity contribution in [1.29, 1.82) is 0 Å². The average molecular weight is 350 g/mol. The molecule has 1 aromatic carbocycles. The van der Waals surface area contributed by atoms with Crippen LogP contribution in [0.2, 0.25) is 0 Å². The number of hydrogen-bond acceptors (Lipinski definition) is 2. The number of nitrogens with zero attached hydrogens (tertiary/aromatic N) is 2. The van der Waals surface area contributed by atoms with Gasteiger partial charge in [0.1, 0.15) is 0 Å². The van der Waals surface area contributed by atoms with Gasteiger partial charge in [-0.15, -0.1) is 6.58 Å². The number of rotatable bonds is 11. The maximum absolute atomic E-state index is 12.2. The summed E-state index contributed by atoms with van der Waals surface area (Å²) in [6.45, 7) is 8.19. The zero-order valence-electron chi connectivity index (χ0n) is 15.0. The van der Waals surface area contributed by atoms with Crippen LogP contribution in [0, 0.1) is 0 Å². The predicted octanol–water partition coefficient (Wildman–Crippen LogP) is 3.44. The molecule has 0 aromatic heterocycles. The Morgan fingerprint density at radius 2 is 2.04 bits per heavy atom. The Hall–Kier alpha value is -1.62. The van der Waals surface area contributed by atoms with Gasteiger partial charge in [-0.2, -0.15) is 0 Å². The molecule has 0 aliphatic carbocycles. The average Bonchev–Trinajstić information content (AvgIpc) is 2.61. The van der Waals surface area contributed by atoms with E-state index < -0.39 is 10.8 Å². The van der Waals surface area contributed by atoms with E-state index in [2.05, 4.69) is 35.8 Å². The number of hydrogen-bond donors (Lipinski definition) is 1. The summed E-state index contributed by atoms with van der Waals surface area (Å²) in [6.07, 6.45) is 6.60. The van der Waals surface area contributed by atoms with Crippen molar-refractivity contribution in [3.8, 4) is 0 Å². The minimum absolute atomic E-state index is 0.548. The highest BCUT2D eigenvalue weighted by Crippen LogP contribution is 2.05. The molecule has 0 saturated carbocycles. The van der Waals surface area contributed by atoms with Crippen LogP contribution in [0.5, 0.6) is 0 Å². The molecule has 5 heteroatoms. The molecule has 0 heterocycles. The second kappa shape index (κ2) is 12.8. The summed E-state index contributed by atoms with van der Waals surface area (Å²) in [5.41, 5.74) is 0. The second-order valence-corrected chi connectivity index (χ2v) is 7.23. The van der Waals surface area contributed by atoms with E-state index in [1.165, 1.54) is 12.8 Å². The molecule has 4 nitrogen and oxygen atoms in total. The molecular weight excluding hydrogens is 318 g/mol. The Morgan fingerprint density at radius 3 is 2.71 bits per heavy atom. The lowest BCUT2D eigenvalue weighted by Crippen LogP contribution is -2.39. The van der Waals surface area contributed by atoms with Gasteiger partial charge in [-0.25, -0.2) is 0 Å². The topological polar surface area (TPSA) is 44.7 Å². The first-order valence-electron chi connectivity index (χ1n) is 8.72. The Labute approximate surface area is 149 Å². The minimum Gasteiger partial charge on any atom is -0.357 e. The number of guanidine groups is 1. The van der Waals surface area contributed by atoms with E-state index >= 15 is 0 Å². The SMILES string of the molecule is C=CCCCCCN(C)C(=NCCS(=O)c1ccccc1)NCC. The zero-order chi connectivity index (χ0) is 17.6. The third-order valence-electron chi connectivity index (χ3n) is 3.64. The Bertz CT molecular complexity index is 517. The lowest BCUT2D eigenvalue weighted by Gasteiger charge is -2.22. The van der Waals surface area contributed by atoms with E-state index in [9.17, 15) is 4.21 Å². The lowest BCUT2D eigenvalue weighted by atomic mass is 10.2. The van der Waals surface area contributed by atoms with Crippen molar-refractivity contribution in [3.63, 3.8) is 0 Å². The molecule has 0 amide bonds. The van der Waals surface area contributed by atoms with Crippen LogP contribution in [0.1, 0.15) is 32.6 Å². The van der Waals surface area contributed by atoms with Gasteiger partial charge in [0.15, 0.2) is 5.96 Å². The summed E-state index contributed by atoms with van der Waals surface area (Å²) >= 11 is 0. The van der Waals surface area contributed by atoms with Crippen molar-refractivity contribution in [2.75, 3.05) is 32.4 Å². The van der Waals surface area contributed by atoms with Gasteiger partial charge in [0, 0.05) is 30.8 Å². The number of allylic oxidation sites excluding steroid dienone is 1. The molecule has 1 N–H and O–H groups in total. The summed E-state index contributed by atoms with van der Waals surface area (Å²) in [5, 5.41) is 3.31. The molecule has 1 atom stereocenters. The van der Waals surface area contributed by atoms with E-state index in [4.69, 9.17) is 0 Å². The van der Waals surface area contributed by atoms with E-state index in [0.717, 1.165) is 36.8 Å². The van der Waals surface area contributed by atoms with Gasteiger partial charge >= 0.3 is 0 Å². The van der Waals surface area contributed by atoms with Crippen LogP contribution in [-0.4, -0.2) is 47.5 Å². The van der Waals surface area contributed by atoms with Crippen LogP contribution < -0.4 is 5.32 Å². The Morgan fingerprint density at radius 1 is 1.29 bits per heavy atom. The molecule has 0 fully saturated rings. The van der Waals surface area contributed by atoms with Crippen LogP contribution in [0.4, 0.5) is 0 Å². The van der Waals surface area contributed by atoms with Gasteiger partial charge < -0.3 is 10.2 Å². The molecule has 1 unspecified atom stereocenters. The fraction of sp³-hybridized carbons (Fsp3) is 0.526. The summed E-state index contributed by atoms with van der Waals surface area (Å²) in [6, 6.07) is 9.58. The van der Waals surface area contributed by atoms with Crippen LogP contribution in [0.15, 0.2) is 52.9 Å². The first kappa shape index (κ1) is 20.4. The highest BCUT2D eigenvalue weighted by atomic mass is 32.2.